The van der Waals surface area contributed by atoms with Crippen LogP contribution < -0.4 is 10.6 Å². The zero-order valence-corrected chi connectivity index (χ0v) is 17.2. The van der Waals surface area contributed by atoms with Crippen LogP contribution in [0.4, 0.5) is 0 Å². The lowest BCUT2D eigenvalue weighted by Gasteiger charge is -2.27. The van der Waals surface area contributed by atoms with Crippen molar-refractivity contribution in [2.75, 3.05) is 13.7 Å². The first-order valence-electron chi connectivity index (χ1n) is 8.52. The minimum Gasteiger partial charge on any atom is -0.465 e. The normalized spacial score (nSPS) is 20.4. The van der Waals surface area contributed by atoms with E-state index in [0.717, 1.165) is 43.8 Å². The highest BCUT2D eigenvalue weighted by Gasteiger charge is 2.19. The highest BCUT2D eigenvalue weighted by molar-refractivity contribution is 14.0. The number of aliphatic hydroxyl groups is 1. The van der Waals surface area contributed by atoms with Gasteiger partial charge in [-0.2, -0.15) is 0 Å². The van der Waals surface area contributed by atoms with Crippen LogP contribution in [-0.4, -0.2) is 42.8 Å². The molecule has 0 heterocycles. The molecule has 0 saturated heterocycles. The Morgan fingerprint density at radius 3 is 2.44 bits per heavy atom. The van der Waals surface area contributed by atoms with Crippen molar-refractivity contribution in [3.8, 4) is 0 Å². The van der Waals surface area contributed by atoms with E-state index in [2.05, 4.69) is 15.6 Å². The standard InChI is InChI=1S/C18H27N3O3.HI/c1-3-19-18(21-15-8-10-16(22)11-9-15)20-12-13-4-6-14(7-5-13)17(23)24-2;/h4-7,15-16,22H,3,8-12H2,1-2H3,(H2,19,20,21);1H. The third-order valence-corrected chi connectivity index (χ3v) is 4.18. The van der Waals surface area contributed by atoms with E-state index in [1.54, 1.807) is 12.1 Å². The van der Waals surface area contributed by atoms with Crippen LogP contribution in [0.15, 0.2) is 29.3 Å². The number of esters is 1. The molecule has 3 N–H and O–H groups in total. The second kappa shape index (κ2) is 11.3. The molecule has 6 nitrogen and oxygen atoms in total. The SMILES string of the molecule is CCNC(=NCc1ccc(C(=O)OC)cc1)NC1CCC(O)CC1.I. The fourth-order valence-electron chi connectivity index (χ4n) is 2.77. The van der Waals surface area contributed by atoms with Gasteiger partial charge < -0.3 is 20.5 Å². The third-order valence-electron chi connectivity index (χ3n) is 4.18. The molecular weight excluding hydrogens is 433 g/mol. The van der Waals surface area contributed by atoms with Crippen molar-refractivity contribution < 1.29 is 14.6 Å². The third kappa shape index (κ3) is 7.19. The lowest BCUT2D eigenvalue weighted by molar-refractivity contribution is 0.0600. The van der Waals surface area contributed by atoms with Gasteiger partial charge in [-0.05, 0) is 50.3 Å². The number of halogens is 1. The Hall–Kier alpha value is -1.35. The molecule has 1 saturated carbocycles. The summed E-state index contributed by atoms with van der Waals surface area (Å²) in [4.78, 5) is 16.0. The number of benzene rings is 1. The minimum atomic E-state index is -0.334. The summed E-state index contributed by atoms with van der Waals surface area (Å²) in [5, 5.41) is 16.3. The van der Waals surface area contributed by atoms with Crippen molar-refractivity contribution in [2.24, 2.45) is 4.99 Å². The maximum absolute atomic E-state index is 11.4. The number of rotatable bonds is 5. The molecule has 1 aliphatic carbocycles. The van der Waals surface area contributed by atoms with Crippen LogP contribution in [0.5, 0.6) is 0 Å². The molecule has 2 rings (SSSR count). The smallest absolute Gasteiger partial charge is 0.337 e. The molecule has 25 heavy (non-hydrogen) atoms. The molecule has 0 radical (unpaired) electrons. The highest BCUT2D eigenvalue weighted by Crippen LogP contribution is 2.18. The predicted octanol–water partition coefficient (Wildman–Crippen LogP) is 2.45. The van der Waals surface area contributed by atoms with Gasteiger partial charge in [0.2, 0.25) is 0 Å². The fourth-order valence-corrected chi connectivity index (χ4v) is 2.77. The lowest BCUT2D eigenvalue weighted by atomic mass is 9.93. The average Bonchev–Trinajstić information content (AvgIpc) is 2.61. The molecule has 0 atom stereocenters. The molecule has 0 aliphatic heterocycles. The molecule has 1 aromatic carbocycles. The summed E-state index contributed by atoms with van der Waals surface area (Å²) in [5.74, 6) is 0.454. The maximum atomic E-state index is 11.4. The summed E-state index contributed by atoms with van der Waals surface area (Å²) in [6.45, 7) is 3.36. The lowest BCUT2D eigenvalue weighted by Crippen LogP contribution is -2.45. The number of carbonyl (C=O) groups excluding carboxylic acids is 1. The predicted molar refractivity (Wildman–Crippen MR) is 109 cm³/mol. The van der Waals surface area contributed by atoms with Crippen LogP contribution in [0.3, 0.4) is 0 Å². The van der Waals surface area contributed by atoms with Gasteiger partial charge in [-0.3, -0.25) is 0 Å². The second-order valence-electron chi connectivity index (χ2n) is 6.03. The summed E-state index contributed by atoms with van der Waals surface area (Å²) in [6, 6.07) is 7.62. The molecule has 0 aromatic heterocycles. The van der Waals surface area contributed by atoms with Crippen LogP contribution >= 0.6 is 24.0 Å². The Bertz CT molecular complexity index is 555. The molecule has 0 spiro atoms. The molecule has 0 amide bonds. The molecule has 0 bridgehead atoms. The first-order chi connectivity index (χ1) is 11.6. The van der Waals surface area contributed by atoms with Crippen LogP contribution in [0, 0.1) is 0 Å². The summed E-state index contributed by atoms with van der Waals surface area (Å²) < 4.78 is 4.69. The highest BCUT2D eigenvalue weighted by atomic mass is 127. The molecule has 140 valence electrons. The summed E-state index contributed by atoms with van der Waals surface area (Å²) >= 11 is 0. The van der Waals surface area contributed by atoms with Crippen molar-refractivity contribution in [1.82, 2.24) is 10.6 Å². The van der Waals surface area contributed by atoms with Gasteiger partial charge in [-0.1, -0.05) is 12.1 Å². The topological polar surface area (TPSA) is 83.0 Å². The second-order valence-corrected chi connectivity index (χ2v) is 6.03. The van der Waals surface area contributed by atoms with Gasteiger partial charge in [-0.25, -0.2) is 9.79 Å². The van der Waals surface area contributed by atoms with E-state index in [0.29, 0.717) is 18.2 Å². The Balaban J connectivity index is 0.00000312. The van der Waals surface area contributed by atoms with Crippen LogP contribution in [0.25, 0.3) is 0 Å². The Kier molecular flexibility index (Phi) is 9.81. The van der Waals surface area contributed by atoms with Crippen molar-refractivity contribution in [3.63, 3.8) is 0 Å². The van der Waals surface area contributed by atoms with Gasteiger partial charge in [-0.15, -0.1) is 24.0 Å². The number of nitrogens with one attached hydrogen (secondary N) is 2. The van der Waals surface area contributed by atoms with Crippen molar-refractivity contribution in [2.45, 2.75) is 51.3 Å². The number of guanidine groups is 1. The zero-order valence-electron chi connectivity index (χ0n) is 14.8. The van der Waals surface area contributed by atoms with Crippen LogP contribution in [-0.2, 0) is 11.3 Å². The van der Waals surface area contributed by atoms with Crippen LogP contribution in [0.2, 0.25) is 0 Å². The van der Waals surface area contributed by atoms with Crippen LogP contribution in [0.1, 0.15) is 48.5 Å². The average molecular weight is 461 g/mol. The van der Waals surface area contributed by atoms with Gasteiger partial charge in [0.25, 0.3) is 0 Å². The fraction of sp³-hybridized carbons (Fsp3) is 0.556. The van der Waals surface area contributed by atoms with E-state index in [9.17, 15) is 9.90 Å². The van der Waals surface area contributed by atoms with Crippen molar-refractivity contribution >= 4 is 35.9 Å². The number of ether oxygens (including phenoxy) is 1. The minimum absolute atomic E-state index is 0. The van der Waals surface area contributed by atoms with Gasteiger partial charge in [0.1, 0.15) is 0 Å². The summed E-state index contributed by atoms with van der Waals surface area (Å²) in [7, 11) is 1.37. The number of carbonyl (C=O) groups is 1. The van der Waals surface area contributed by atoms with Gasteiger partial charge in [0.05, 0.1) is 25.3 Å². The zero-order chi connectivity index (χ0) is 17.4. The van der Waals surface area contributed by atoms with E-state index in [-0.39, 0.29) is 36.0 Å². The maximum Gasteiger partial charge on any atom is 0.337 e. The van der Waals surface area contributed by atoms with Crippen molar-refractivity contribution in [1.29, 1.82) is 0 Å². The molecule has 0 unspecified atom stereocenters. The van der Waals surface area contributed by atoms with Crippen molar-refractivity contribution in [3.05, 3.63) is 35.4 Å². The van der Waals surface area contributed by atoms with E-state index in [1.807, 2.05) is 19.1 Å². The number of nitrogens with zero attached hydrogens (tertiary/aromatic N) is 1. The number of aliphatic imine (C=N–C) groups is 1. The Morgan fingerprint density at radius 1 is 1.24 bits per heavy atom. The van der Waals surface area contributed by atoms with E-state index in [1.165, 1.54) is 7.11 Å². The van der Waals surface area contributed by atoms with Gasteiger partial charge >= 0.3 is 5.97 Å². The van der Waals surface area contributed by atoms with E-state index < -0.39 is 0 Å². The Labute approximate surface area is 166 Å². The molecular formula is C18H28IN3O3. The summed E-state index contributed by atoms with van der Waals surface area (Å²) in [6.07, 6.45) is 3.44. The van der Waals surface area contributed by atoms with E-state index in [4.69, 9.17) is 4.74 Å². The monoisotopic (exact) mass is 461 g/mol. The number of hydrogen-bond acceptors (Lipinski definition) is 4. The largest absolute Gasteiger partial charge is 0.465 e. The number of aliphatic hydroxyl groups excluding tert-OH is 1. The number of methoxy groups -OCH3 is 1. The van der Waals surface area contributed by atoms with Gasteiger partial charge in [0, 0.05) is 12.6 Å². The Morgan fingerprint density at radius 2 is 1.88 bits per heavy atom. The first-order valence-corrected chi connectivity index (χ1v) is 8.52. The number of hydrogen-bond donors (Lipinski definition) is 3. The van der Waals surface area contributed by atoms with Gasteiger partial charge in [0.15, 0.2) is 5.96 Å². The molecule has 1 aliphatic rings. The molecule has 1 fully saturated rings. The quantitative estimate of drug-likeness (QED) is 0.272. The molecule has 7 heteroatoms. The van der Waals surface area contributed by atoms with E-state index >= 15 is 0 Å². The first kappa shape index (κ1) is 21.7. The summed E-state index contributed by atoms with van der Waals surface area (Å²) in [5.41, 5.74) is 1.56. The molecule has 1 aromatic rings.